The average molecular weight is 324 g/mol. The zero-order valence-electron chi connectivity index (χ0n) is 13.6. The third-order valence-corrected chi connectivity index (χ3v) is 3.88. The van der Waals surface area contributed by atoms with Crippen molar-refractivity contribution in [2.75, 3.05) is 13.2 Å². The summed E-state index contributed by atoms with van der Waals surface area (Å²) in [5.41, 5.74) is 2.69. The van der Waals surface area contributed by atoms with Gasteiger partial charge in [-0.05, 0) is 6.92 Å². The molecule has 1 aliphatic carbocycles. The number of allylic oxidation sites excluding steroid dienone is 4. The van der Waals surface area contributed by atoms with Gasteiger partial charge in [-0.1, -0.05) is 54.6 Å². The number of hydrogen-bond donors (Lipinski definition) is 1. The largest absolute Gasteiger partial charge is 0.462 e. The van der Waals surface area contributed by atoms with Crippen LogP contribution in [0.3, 0.4) is 0 Å². The van der Waals surface area contributed by atoms with Gasteiger partial charge in [-0.15, -0.1) is 0 Å². The van der Waals surface area contributed by atoms with Crippen LogP contribution in [0.4, 0.5) is 0 Å². The van der Waals surface area contributed by atoms with E-state index < -0.39 is 0 Å². The van der Waals surface area contributed by atoms with E-state index >= 15 is 0 Å². The van der Waals surface area contributed by atoms with Gasteiger partial charge in [0.2, 0.25) is 0 Å². The number of esters is 1. The lowest BCUT2D eigenvalue weighted by atomic mass is 9.99. The maximum atomic E-state index is 12.6. The molecule has 0 unspecified atom stereocenters. The minimum Gasteiger partial charge on any atom is -0.462 e. The standard InChI is InChI=1S/C19H20N2O3/c1-2-24-19(23)16-17(14-8-6-7-9-14)20-21(12-13-22)18(16)15-10-4-3-5-11-15/h3-11,14,22H,2,12-13H2,1H3. The van der Waals surface area contributed by atoms with Gasteiger partial charge in [0.15, 0.2) is 0 Å². The number of carbonyl (C=O) groups excluding carboxylic acids is 1. The molecule has 0 saturated carbocycles. The predicted molar refractivity (Wildman–Crippen MR) is 91.7 cm³/mol. The van der Waals surface area contributed by atoms with Gasteiger partial charge in [0.05, 0.1) is 31.1 Å². The lowest BCUT2D eigenvalue weighted by molar-refractivity contribution is 0.0526. The first-order chi connectivity index (χ1) is 11.8. The smallest absolute Gasteiger partial charge is 0.342 e. The van der Waals surface area contributed by atoms with Crippen molar-refractivity contribution in [1.29, 1.82) is 0 Å². The molecule has 3 rings (SSSR count). The van der Waals surface area contributed by atoms with Gasteiger partial charge in [-0.2, -0.15) is 5.10 Å². The number of aromatic nitrogens is 2. The fraction of sp³-hybridized carbons (Fsp3) is 0.263. The summed E-state index contributed by atoms with van der Waals surface area (Å²) in [5.74, 6) is -0.448. The second-order valence-electron chi connectivity index (χ2n) is 5.44. The van der Waals surface area contributed by atoms with Crippen LogP contribution in [0.25, 0.3) is 11.3 Å². The van der Waals surface area contributed by atoms with Gasteiger partial charge >= 0.3 is 5.97 Å². The Morgan fingerprint density at radius 1 is 1.25 bits per heavy atom. The minimum atomic E-state index is -0.385. The van der Waals surface area contributed by atoms with E-state index in [0.717, 1.165) is 5.56 Å². The van der Waals surface area contributed by atoms with Crippen LogP contribution in [0, 0.1) is 0 Å². The Kier molecular flexibility index (Phi) is 4.91. The van der Waals surface area contributed by atoms with Gasteiger partial charge in [-0.25, -0.2) is 4.79 Å². The summed E-state index contributed by atoms with van der Waals surface area (Å²) in [6, 6.07) is 9.60. The van der Waals surface area contributed by atoms with Crippen LogP contribution in [0.2, 0.25) is 0 Å². The molecule has 0 aliphatic heterocycles. The lowest BCUT2D eigenvalue weighted by Gasteiger charge is -2.09. The van der Waals surface area contributed by atoms with E-state index in [1.54, 1.807) is 11.6 Å². The zero-order chi connectivity index (χ0) is 16.9. The number of nitrogens with zero attached hydrogens (tertiary/aromatic N) is 2. The van der Waals surface area contributed by atoms with Crippen LogP contribution in [-0.2, 0) is 11.3 Å². The summed E-state index contributed by atoms with van der Waals surface area (Å²) in [6.45, 7) is 2.34. The van der Waals surface area contributed by atoms with Gasteiger partial charge in [0.25, 0.3) is 0 Å². The molecule has 1 aliphatic rings. The van der Waals surface area contributed by atoms with Crippen molar-refractivity contribution in [3.8, 4) is 11.3 Å². The molecule has 1 aromatic heterocycles. The van der Waals surface area contributed by atoms with Crippen molar-refractivity contribution in [1.82, 2.24) is 9.78 Å². The quantitative estimate of drug-likeness (QED) is 0.830. The third-order valence-electron chi connectivity index (χ3n) is 3.88. The summed E-state index contributed by atoms with van der Waals surface area (Å²) in [4.78, 5) is 12.6. The van der Waals surface area contributed by atoms with E-state index in [4.69, 9.17) is 4.74 Å². The number of hydrogen-bond acceptors (Lipinski definition) is 4. The molecule has 1 aromatic carbocycles. The van der Waals surface area contributed by atoms with Crippen LogP contribution in [0.5, 0.6) is 0 Å². The van der Waals surface area contributed by atoms with Crippen LogP contribution in [0.15, 0.2) is 54.6 Å². The molecule has 0 atom stereocenters. The summed E-state index contributed by atoms with van der Waals surface area (Å²) in [6.07, 6.45) is 7.85. The first-order valence-corrected chi connectivity index (χ1v) is 8.05. The van der Waals surface area contributed by atoms with E-state index in [1.165, 1.54) is 0 Å². The number of rotatable bonds is 6. The van der Waals surface area contributed by atoms with E-state index in [1.807, 2.05) is 54.6 Å². The van der Waals surface area contributed by atoms with E-state index in [2.05, 4.69) is 5.10 Å². The first kappa shape index (κ1) is 16.2. The molecule has 2 aromatic rings. The number of aliphatic hydroxyl groups is 1. The molecule has 5 heteroatoms. The van der Waals surface area contributed by atoms with E-state index in [0.29, 0.717) is 30.1 Å². The van der Waals surface area contributed by atoms with Gasteiger partial charge in [-0.3, -0.25) is 4.68 Å². The number of ether oxygens (including phenoxy) is 1. The molecular formula is C19H20N2O3. The molecule has 0 amide bonds. The third kappa shape index (κ3) is 3.03. The second kappa shape index (κ2) is 7.27. The Hall–Kier alpha value is -2.66. The van der Waals surface area contributed by atoms with Crippen molar-refractivity contribution in [3.05, 3.63) is 65.9 Å². The lowest BCUT2D eigenvalue weighted by Crippen LogP contribution is -2.10. The SMILES string of the molecule is CCOC(=O)c1c(C2C=CC=C2)nn(CCO)c1-c1ccccc1. The molecular weight excluding hydrogens is 304 g/mol. The minimum absolute atomic E-state index is 0.0560. The van der Waals surface area contributed by atoms with E-state index in [9.17, 15) is 9.90 Å². The van der Waals surface area contributed by atoms with Gasteiger partial charge in [0.1, 0.15) is 5.56 Å². The molecule has 0 saturated heterocycles. The summed E-state index contributed by atoms with van der Waals surface area (Å²) < 4.78 is 6.97. The van der Waals surface area contributed by atoms with Crippen LogP contribution in [-0.4, -0.2) is 34.1 Å². The van der Waals surface area contributed by atoms with Crippen molar-refractivity contribution < 1.29 is 14.6 Å². The van der Waals surface area contributed by atoms with Crippen molar-refractivity contribution in [2.24, 2.45) is 0 Å². The fourth-order valence-electron chi connectivity index (χ4n) is 2.88. The normalized spacial score (nSPS) is 13.6. The molecule has 1 N–H and O–H groups in total. The Labute approximate surface area is 140 Å². The molecule has 0 radical (unpaired) electrons. The average Bonchev–Trinajstić information content (AvgIpc) is 3.23. The van der Waals surface area contributed by atoms with Crippen LogP contribution in [0.1, 0.15) is 28.9 Å². The van der Waals surface area contributed by atoms with Crippen LogP contribution < -0.4 is 0 Å². The van der Waals surface area contributed by atoms with Gasteiger partial charge in [0, 0.05) is 11.5 Å². The number of benzene rings is 1. The highest BCUT2D eigenvalue weighted by atomic mass is 16.5. The maximum absolute atomic E-state index is 12.6. The van der Waals surface area contributed by atoms with Crippen molar-refractivity contribution >= 4 is 5.97 Å². The molecule has 0 spiro atoms. The molecule has 5 nitrogen and oxygen atoms in total. The monoisotopic (exact) mass is 324 g/mol. The van der Waals surface area contributed by atoms with Crippen molar-refractivity contribution in [3.63, 3.8) is 0 Å². The number of aliphatic hydroxyl groups excluding tert-OH is 1. The topological polar surface area (TPSA) is 64.3 Å². The fourth-order valence-corrected chi connectivity index (χ4v) is 2.88. The molecule has 1 heterocycles. The highest BCUT2D eigenvalue weighted by Gasteiger charge is 2.29. The summed E-state index contributed by atoms with van der Waals surface area (Å²) in [5, 5.41) is 14.0. The first-order valence-electron chi connectivity index (χ1n) is 8.05. The Morgan fingerprint density at radius 3 is 2.58 bits per heavy atom. The molecule has 124 valence electrons. The van der Waals surface area contributed by atoms with Crippen LogP contribution >= 0.6 is 0 Å². The van der Waals surface area contributed by atoms with Crippen molar-refractivity contribution in [2.45, 2.75) is 19.4 Å². The zero-order valence-corrected chi connectivity index (χ0v) is 13.6. The van der Waals surface area contributed by atoms with Gasteiger partial charge < -0.3 is 9.84 Å². The highest BCUT2D eigenvalue weighted by Crippen LogP contribution is 2.33. The Bertz CT molecular complexity index is 763. The molecule has 0 bridgehead atoms. The molecule has 24 heavy (non-hydrogen) atoms. The highest BCUT2D eigenvalue weighted by molar-refractivity contribution is 5.98. The predicted octanol–water partition coefficient (Wildman–Crippen LogP) is 2.93. The maximum Gasteiger partial charge on any atom is 0.342 e. The van der Waals surface area contributed by atoms with E-state index in [-0.39, 0.29) is 18.5 Å². The number of carbonyl (C=O) groups is 1. The summed E-state index contributed by atoms with van der Waals surface area (Å²) >= 11 is 0. The second-order valence-corrected chi connectivity index (χ2v) is 5.44. The molecule has 0 fully saturated rings. The summed E-state index contributed by atoms with van der Waals surface area (Å²) in [7, 11) is 0. The Morgan fingerprint density at radius 2 is 1.96 bits per heavy atom. The Balaban J connectivity index is 2.21.